The summed E-state index contributed by atoms with van der Waals surface area (Å²) in [5.74, 6) is -1.02. The average molecular weight is 548 g/mol. The second kappa shape index (κ2) is 8.43. The molecule has 2 bridgehead atoms. The van der Waals surface area contributed by atoms with Gasteiger partial charge in [-0.2, -0.15) is 31.9 Å². The van der Waals surface area contributed by atoms with E-state index >= 15 is 0 Å². The second-order valence-corrected chi connectivity index (χ2v) is 10.7. The molecule has 198 valence electrons. The summed E-state index contributed by atoms with van der Waals surface area (Å²) in [7, 11) is -4.54. The summed E-state index contributed by atoms with van der Waals surface area (Å²) in [5.41, 5.74) is 1.63. The van der Waals surface area contributed by atoms with Gasteiger partial charge < -0.3 is 5.32 Å². The predicted molar refractivity (Wildman–Crippen MR) is 118 cm³/mol. The SMILES string of the molecule is N=CN(N=N)c1ccc(S(=O)(=O)Nc2cc(C(F)(F)F)ccc2C(=O)NC23CC(C(F)(F)F)(C2)C3)cc1. The fraction of sp³-hybridized carbons (Fsp3) is 0.333. The molecule has 37 heavy (non-hydrogen) atoms. The number of sulfonamides is 1. The summed E-state index contributed by atoms with van der Waals surface area (Å²) >= 11 is 0. The topological polar surface area (TPSA) is 139 Å². The molecule has 0 atom stereocenters. The lowest BCUT2D eigenvalue weighted by molar-refractivity contribution is -0.336. The highest BCUT2D eigenvalue weighted by Gasteiger charge is 2.79. The fourth-order valence-corrected chi connectivity index (χ4v) is 5.75. The summed E-state index contributed by atoms with van der Waals surface area (Å²) in [6, 6.07) is 6.22. The summed E-state index contributed by atoms with van der Waals surface area (Å²) in [5, 5.41) is 13.4. The van der Waals surface area contributed by atoms with Crippen LogP contribution in [0.25, 0.3) is 0 Å². The van der Waals surface area contributed by atoms with Gasteiger partial charge in [0.05, 0.1) is 32.8 Å². The van der Waals surface area contributed by atoms with Crippen LogP contribution < -0.4 is 15.0 Å². The summed E-state index contributed by atoms with van der Waals surface area (Å²) in [4.78, 5) is 12.4. The van der Waals surface area contributed by atoms with E-state index in [1.165, 1.54) is 12.1 Å². The van der Waals surface area contributed by atoms with Crippen molar-refractivity contribution in [2.75, 3.05) is 9.73 Å². The zero-order valence-electron chi connectivity index (χ0n) is 18.5. The highest BCUT2D eigenvalue weighted by Crippen LogP contribution is 2.73. The van der Waals surface area contributed by atoms with Gasteiger partial charge in [0.1, 0.15) is 6.34 Å². The van der Waals surface area contributed by atoms with Crippen LogP contribution in [-0.2, 0) is 16.2 Å². The first-order valence-electron chi connectivity index (χ1n) is 10.5. The van der Waals surface area contributed by atoms with Gasteiger partial charge in [0, 0.05) is 5.54 Å². The molecule has 2 aromatic carbocycles. The summed E-state index contributed by atoms with van der Waals surface area (Å²) in [6.07, 6.45) is -9.71. The van der Waals surface area contributed by atoms with E-state index in [1.54, 1.807) is 0 Å². The van der Waals surface area contributed by atoms with E-state index < -0.39 is 60.9 Å². The van der Waals surface area contributed by atoms with E-state index in [2.05, 4.69) is 10.5 Å². The van der Waals surface area contributed by atoms with Gasteiger partial charge in [0.25, 0.3) is 15.9 Å². The molecule has 0 aliphatic heterocycles. The first kappa shape index (κ1) is 26.4. The number of carbonyl (C=O) groups excluding carboxylic acids is 1. The van der Waals surface area contributed by atoms with Crippen LogP contribution in [0.2, 0.25) is 0 Å². The maximum absolute atomic E-state index is 13.3. The Bertz CT molecular complexity index is 1350. The molecule has 0 heterocycles. The molecule has 3 aliphatic rings. The third-order valence-electron chi connectivity index (χ3n) is 6.49. The highest BCUT2D eigenvalue weighted by atomic mass is 32.2. The van der Waals surface area contributed by atoms with Crippen LogP contribution in [-0.4, -0.2) is 32.4 Å². The zero-order chi connectivity index (χ0) is 27.4. The third-order valence-corrected chi connectivity index (χ3v) is 7.87. The fourth-order valence-electron chi connectivity index (χ4n) is 4.68. The van der Waals surface area contributed by atoms with E-state index in [9.17, 15) is 39.6 Å². The summed E-state index contributed by atoms with van der Waals surface area (Å²) < 4.78 is 107. The lowest BCUT2D eigenvalue weighted by Gasteiger charge is -2.70. The van der Waals surface area contributed by atoms with Gasteiger partial charge in [-0.1, -0.05) is 5.22 Å². The Labute approximate surface area is 205 Å². The number of benzene rings is 2. The molecule has 3 aliphatic carbocycles. The van der Waals surface area contributed by atoms with Crippen molar-refractivity contribution in [1.82, 2.24) is 5.32 Å². The first-order chi connectivity index (χ1) is 17.0. The van der Waals surface area contributed by atoms with Crippen molar-refractivity contribution in [3.8, 4) is 0 Å². The Morgan fingerprint density at radius 3 is 2.11 bits per heavy atom. The Balaban J connectivity index is 1.61. The number of nitrogens with one attached hydrogen (secondary N) is 4. The number of alkyl halides is 6. The molecule has 0 radical (unpaired) electrons. The van der Waals surface area contributed by atoms with E-state index in [4.69, 9.17) is 10.9 Å². The van der Waals surface area contributed by atoms with Gasteiger partial charge in [0.2, 0.25) is 0 Å². The number of amides is 1. The number of carbonyl (C=O) groups is 1. The van der Waals surface area contributed by atoms with Crippen molar-refractivity contribution in [1.29, 1.82) is 10.9 Å². The van der Waals surface area contributed by atoms with Gasteiger partial charge >= 0.3 is 12.4 Å². The second-order valence-electron chi connectivity index (χ2n) is 8.97. The van der Waals surface area contributed by atoms with Gasteiger partial charge in [-0.15, -0.1) is 0 Å². The van der Waals surface area contributed by atoms with Crippen LogP contribution in [0, 0.1) is 16.4 Å². The molecule has 0 unspecified atom stereocenters. The smallest absolute Gasteiger partial charge is 0.346 e. The maximum Gasteiger partial charge on any atom is 0.416 e. The van der Waals surface area contributed by atoms with Crippen molar-refractivity contribution < 1.29 is 39.6 Å². The first-order valence-corrected chi connectivity index (χ1v) is 11.9. The van der Waals surface area contributed by atoms with Crippen molar-refractivity contribution in [3.05, 3.63) is 53.6 Å². The maximum atomic E-state index is 13.3. The van der Waals surface area contributed by atoms with Crippen LogP contribution in [0.5, 0.6) is 0 Å². The molecule has 4 N–H and O–H groups in total. The molecular formula is C21H18F6N6O3S. The van der Waals surface area contributed by atoms with Gasteiger partial charge in [-0.25, -0.2) is 13.4 Å². The molecule has 2 aromatic rings. The standard InChI is InChI=1S/C21H18F6N6O3S/c22-20(23,24)12-1-6-15(17(34)30-19-8-18(9-19,10-19)21(25,26)27)16(7-12)31-37(35,36)14-4-2-13(3-5-14)33(11-28)32-29/h1-7,11,28-29,31H,8-10H2,(H,30,34). The number of halogens is 6. The quantitative estimate of drug-likeness (QED) is 0.120. The molecule has 3 fully saturated rings. The number of nitrogens with zero attached hydrogens (tertiary/aromatic N) is 2. The van der Waals surface area contributed by atoms with Crippen LogP contribution in [0.3, 0.4) is 0 Å². The Morgan fingerprint density at radius 1 is 1.03 bits per heavy atom. The Hall–Kier alpha value is -3.69. The number of hydrogen-bond donors (Lipinski definition) is 4. The predicted octanol–water partition coefficient (Wildman–Crippen LogP) is 5.08. The molecule has 0 spiro atoms. The molecule has 3 saturated carbocycles. The lowest BCUT2D eigenvalue weighted by atomic mass is 9.39. The van der Waals surface area contributed by atoms with Crippen LogP contribution in [0.4, 0.5) is 37.7 Å². The minimum Gasteiger partial charge on any atom is -0.346 e. The van der Waals surface area contributed by atoms with Crippen molar-refractivity contribution in [2.24, 2.45) is 10.6 Å². The van der Waals surface area contributed by atoms with Crippen molar-refractivity contribution >= 4 is 33.6 Å². The number of anilines is 2. The number of rotatable bonds is 8. The molecular weight excluding hydrogens is 530 g/mol. The van der Waals surface area contributed by atoms with E-state index in [0.717, 1.165) is 23.2 Å². The average Bonchev–Trinajstić information content (AvgIpc) is 2.74. The van der Waals surface area contributed by atoms with Crippen molar-refractivity contribution in [3.63, 3.8) is 0 Å². The highest BCUT2D eigenvalue weighted by molar-refractivity contribution is 7.92. The zero-order valence-corrected chi connectivity index (χ0v) is 19.4. The minimum absolute atomic E-state index is 0.151. The largest absolute Gasteiger partial charge is 0.416 e. The van der Waals surface area contributed by atoms with Gasteiger partial charge in [-0.3, -0.25) is 14.9 Å². The van der Waals surface area contributed by atoms with E-state index in [-0.39, 0.29) is 24.9 Å². The van der Waals surface area contributed by atoms with E-state index in [0.29, 0.717) is 18.5 Å². The van der Waals surface area contributed by atoms with E-state index in [1.807, 2.05) is 4.72 Å². The monoisotopic (exact) mass is 548 g/mol. The third kappa shape index (κ3) is 4.60. The van der Waals surface area contributed by atoms with Crippen LogP contribution >= 0.6 is 0 Å². The van der Waals surface area contributed by atoms with Crippen LogP contribution in [0.15, 0.2) is 52.6 Å². The molecule has 0 aromatic heterocycles. The Kier molecular flexibility index (Phi) is 6.01. The minimum atomic E-state index is -4.88. The lowest BCUT2D eigenvalue weighted by Crippen LogP contribution is -2.78. The normalized spacial score (nSPS) is 22.8. The van der Waals surface area contributed by atoms with Gasteiger partial charge in [0.15, 0.2) is 0 Å². The molecule has 1 amide bonds. The van der Waals surface area contributed by atoms with Gasteiger partial charge in [-0.05, 0) is 61.7 Å². The molecule has 9 nitrogen and oxygen atoms in total. The molecule has 5 rings (SSSR count). The van der Waals surface area contributed by atoms with Crippen LogP contribution in [0.1, 0.15) is 35.2 Å². The summed E-state index contributed by atoms with van der Waals surface area (Å²) in [6.45, 7) is 0. The van der Waals surface area contributed by atoms with Crippen molar-refractivity contribution in [2.45, 2.75) is 42.0 Å². The molecule has 0 saturated heterocycles. The molecule has 16 heteroatoms. The number of hydrogen-bond acceptors (Lipinski definition) is 6. The Morgan fingerprint density at radius 2 is 1.62 bits per heavy atom.